The van der Waals surface area contributed by atoms with Crippen molar-refractivity contribution < 1.29 is 9.53 Å². The van der Waals surface area contributed by atoms with Crippen LogP contribution in [0.1, 0.15) is 36.7 Å². The molecule has 8 nitrogen and oxygen atoms in total. The average molecular weight is 422 g/mol. The van der Waals surface area contributed by atoms with Gasteiger partial charge in [-0.1, -0.05) is 18.2 Å². The van der Waals surface area contributed by atoms with Crippen LogP contribution in [0.4, 0.5) is 0 Å². The number of nitrogens with zero attached hydrogens (tertiary/aromatic N) is 4. The predicted molar refractivity (Wildman–Crippen MR) is 116 cm³/mol. The summed E-state index contributed by atoms with van der Waals surface area (Å²) in [5.74, 6) is 1.57. The second-order valence-electron chi connectivity index (χ2n) is 7.71. The van der Waals surface area contributed by atoms with Crippen LogP contribution in [0.3, 0.4) is 0 Å². The van der Waals surface area contributed by atoms with E-state index < -0.39 is 0 Å². The molecule has 0 aliphatic carbocycles. The van der Waals surface area contributed by atoms with E-state index in [0.29, 0.717) is 39.0 Å². The second-order valence-corrected chi connectivity index (χ2v) is 7.71. The zero-order chi connectivity index (χ0) is 21.6. The first-order valence-electron chi connectivity index (χ1n) is 10.7. The molecule has 2 aromatic heterocycles. The van der Waals surface area contributed by atoms with E-state index in [0.717, 1.165) is 29.1 Å². The third kappa shape index (κ3) is 5.20. The van der Waals surface area contributed by atoms with Gasteiger partial charge in [0.25, 0.3) is 0 Å². The average Bonchev–Trinajstić information content (AvgIpc) is 2.93. The Hall–Kier alpha value is -3.42. The Morgan fingerprint density at radius 2 is 2.03 bits per heavy atom. The maximum Gasteiger partial charge on any atom is 0.346 e. The van der Waals surface area contributed by atoms with Gasteiger partial charge in [-0.3, -0.25) is 14.3 Å². The zero-order valence-corrected chi connectivity index (χ0v) is 17.7. The van der Waals surface area contributed by atoms with Crippen LogP contribution in [-0.2, 0) is 30.7 Å². The molecule has 0 spiro atoms. The second kappa shape index (κ2) is 9.59. The van der Waals surface area contributed by atoms with Crippen LogP contribution in [0.2, 0.25) is 0 Å². The Bertz CT molecular complexity index is 1070. The molecule has 1 aliphatic heterocycles. The summed E-state index contributed by atoms with van der Waals surface area (Å²) in [7, 11) is 0. The molecule has 162 valence electrons. The van der Waals surface area contributed by atoms with Gasteiger partial charge in [0, 0.05) is 31.4 Å². The van der Waals surface area contributed by atoms with Gasteiger partial charge in [0.1, 0.15) is 11.6 Å². The molecular formula is C23H27N5O3. The summed E-state index contributed by atoms with van der Waals surface area (Å²) >= 11 is 0. The highest BCUT2D eigenvalue weighted by Crippen LogP contribution is 2.15. The van der Waals surface area contributed by atoms with E-state index >= 15 is 0 Å². The Morgan fingerprint density at radius 3 is 2.77 bits per heavy atom. The summed E-state index contributed by atoms with van der Waals surface area (Å²) in [5.41, 5.74) is 1.78. The maximum absolute atomic E-state index is 12.8. The van der Waals surface area contributed by atoms with Crippen molar-refractivity contribution in [2.45, 2.75) is 51.7 Å². The Kier molecular flexibility index (Phi) is 6.45. The molecule has 0 saturated carbocycles. The highest BCUT2D eigenvalue weighted by Gasteiger charge is 2.22. The normalized spacial score (nSPS) is 15.7. The number of carbonyl (C=O) groups is 1. The van der Waals surface area contributed by atoms with Crippen molar-refractivity contribution in [2.24, 2.45) is 0 Å². The van der Waals surface area contributed by atoms with Gasteiger partial charge in [0.15, 0.2) is 0 Å². The summed E-state index contributed by atoms with van der Waals surface area (Å²) in [6, 6.07) is 11.4. The SMILES string of the molecule is CCOc1ccc(CC(=O)NC2CCc3nn(Cc4cccnc4)c(=O)n3CC2)cc1. The third-order valence-electron chi connectivity index (χ3n) is 5.44. The van der Waals surface area contributed by atoms with Crippen molar-refractivity contribution in [1.29, 1.82) is 0 Å². The first-order chi connectivity index (χ1) is 15.1. The van der Waals surface area contributed by atoms with Gasteiger partial charge in [0.05, 0.1) is 19.6 Å². The number of nitrogens with one attached hydrogen (secondary N) is 1. The Balaban J connectivity index is 1.33. The van der Waals surface area contributed by atoms with E-state index in [1.165, 1.54) is 4.68 Å². The lowest BCUT2D eigenvalue weighted by atomic mass is 10.1. The lowest BCUT2D eigenvalue weighted by Crippen LogP contribution is -2.36. The molecule has 1 amide bonds. The Labute approximate surface area is 180 Å². The van der Waals surface area contributed by atoms with Crippen molar-refractivity contribution in [3.05, 3.63) is 76.2 Å². The molecule has 1 atom stereocenters. The van der Waals surface area contributed by atoms with Crippen LogP contribution in [0.15, 0.2) is 53.6 Å². The fourth-order valence-electron chi connectivity index (χ4n) is 3.87. The number of hydrogen-bond donors (Lipinski definition) is 1. The number of carbonyl (C=O) groups excluding carboxylic acids is 1. The van der Waals surface area contributed by atoms with Crippen molar-refractivity contribution >= 4 is 5.91 Å². The molecule has 4 rings (SSSR count). The molecule has 3 heterocycles. The highest BCUT2D eigenvalue weighted by molar-refractivity contribution is 5.78. The van der Waals surface area contributed by atoms with Gasteiger partial charge in [-0.25, -0.2) is 9.48 Å². The number of hydrogen-bond acceptors (Lipinski definition) is 5. The minimum atomic E-state index is -0.111. The molecular weight excluding hydrogens is 394 g/mol. The number of aryl methyl sites for hydroxylation is 1. The predicted octanol–water partition coefficient (Wildman–Crippen LogP) is 1.95. The monoisotopic (exact) mass is 421 g/mol. The van der Waals surface area contributed by atoms with Crippen molar-refractivity contribution in [3.8, 4) is 5.75 Å². The highest BCUT2D eigenvalue weighted by atomic mass is 16.5. The molecule has 0 saturated heterocycles. The number of fused-ring (bicyclic) bond motifs is 1. The number of aromatic nitrogens is 4. The van der Waals surface area contributed by atoms with Crippen LogP contribution in [0, 0.1) is 0 Å². The molecule has 0 bridgehead atoms. The van der Waals surface area contributed by atoms with E-state index in [4.69, 9.17) is 4.74 Å². The molecule has 8 heteroatoms. The zero-order valence-electron chi connectivity index (χ0n) is 17.7. The van der Waals surface area contributed by atoms with Crippen molar-refractivity contribution in [2.75, 3.05) is 6.61 Å². The molecule has 1 unspecified atom stereocenters. The maximum atomic E-state index is 12.8. The van der Waals surface area contributed by atoms with Gasteiger partial charge >= 0.3 is 5.69 Å². The quantitative estimate of drug-likeness (QED) is 0.630. The van der Waals surface area contributed by atoms with Crippen LogP contribution in [-0.4, -0.2) is 37.9 Å². The van der Waals surface area contributed by atoms with E-state index in [1.807, 2.05) is 43.3 Å². The van der Waals surface area contributed by atoms with Crippen LogP contribution < -0.4 is 15.7 Å². The minimum Gasteiger partial charge on any atom is -0.494 e. The van der Waals surface area contributed by atoms with Crippen molar-refractivity contribution in [3.63, 3.8) is 0 Å². The van der Waals surface area contributed by atoms with E-state index in [-0.39, 0.29) is 17.6 Å². The number of rotatable bonds is 7. The molecule has 0 radical (unpaired) electrons. The number of benzene rings is 1. The van der Waals surface area contributed by atoms with Gasteiger partial charge in [-0.15, -0.1) is 0 Å². The van der Waals surface area contributed by atoms with E-state index in [9.17, 15) is 9.59 Å². The summed E-state index contributed by atoms with van der Waals surface area (Å²) in [6.45, 7) is 3.52. The fourth-order valence-corrected chi connectivity index (χ4v) is 3.87. The van der Waals surface area contributed by atoms with Crippen LogP contribution >= 0.6 is 0 Å². The third-order valence-corrected chi connectivity index (χ3v) is 5.44. The Morgan fingerprint density at radius 1 is 1.19 bits per heavy atom. The minimum absolute atomic E-state index is 0.0114. The summed E-state index contributed by atoms with van der Waals surface area (Å²) in [4.78, 5) is 29.4. The van der Waals surface area contributed by atoms with Crippen molar-refractivity contribution in [1.82, 2.24) is 24.6 Å². The summed E-state index contributed by atoms with van der Waals surface area (Å²) in [5, 5.41) is 7.64. The van der Waals surface area contributed by atoms with Gasteiger partial charge in [0.2, 0.25) is 5.91 Å². The topological polar surface area (TPSA) is 91.0 Å². The molecule has 1 aliphatic rings. The van der Waals surface area contributed by atoms with Gasteiger partial charge < -0.3 is 10.1 Å². The standard InChI is InChI=1S/C23H27N5O3/c1-2-31-20-8-5-17(6-9-20)14-22(29)25-19-7-10-21-26-28(23(30)27(21)13-11-19)16-18-4-3-12-24-15-18/h3-6,8-9,12,15,19H,2,7,10-11,13-14,16H2,1H3,(H,25,29). The fraction of sp³-hybridized carbons (Fsp3) is 0.391. The molecule has 1 N–H and O–H groups in total. The van der Waals surface area contributed by atoms with E-state index in [2.05, 4.69) is 15.4 Å². The smallest absolute Gasteiger partial charge is 0.346 e. The van der Waals surface area contributed by atoms with Gasteiger partial charge in [-0.05, 0) is 49.1 Å². The first kappa shape index (κ1) is 20.8. The van der Waals surface area contributed by atoms with Crippen LogP contribution in [0.5, 0.6) is 5.75 Å². The molecule has 1 aromatic carbocycles. The number of amides is 1. The number of pyridine rings is 1. The molecule has 31 heavy (non-hydrogen) atoms. The van der Waals surface area contributed by atoms with Gasteiger partial charge in [-0.2, -0.15) is 5.10 Å². The van der Waals surface area contributed by atoms with Crippen LogP contribution in [0.25, 0.3) is 0 Å². The largest absolute Gasteiger partial charge is 0.494 e. The lowest BCUT2D eigenvalue weighted by molar-refractivity contribution is -0.121. The molecule has 0 fully saturated rings. The first-order valence-corrected chi connectivity index (χ1v) is 10.7. The summed E-state index contributed by atoms with van der Waals surface area (Å²) < 4.78 is 8.66. The summed E-state index contributed by atoms with van der Waals surface area (Å²) in [6.07, 6.45) is 5.90. The number of ether oxygens (including phenoxy) is 1. The molecule has 3 aromatic rings. The lowest BCUT2D eigenvalue weighted by Gasteiger charge is -2.16. The van der Waals surface area contributed by atoms with E-state index in [1.54, 1.807) is 17.0 Å².